The monoisotopic (exact) mass is 267 g/mol. The van der Waals surface area contributed by atoms with Crippen molar-refractivity contribution >= 4 is 11.5 Å². The maximum absolute atomic E-state index is 4.57. The van der Waals surface area contributed by atoms with Crippen molar-refractivity contribution in [3.8, 4) is 0 Å². The predicted octanol–water partition coefficient (Wildman–Crippen LogP) is 3.41. The summed E-state index contributed by atoms with van der Waals surface area (Å²) in [6.07, 6.45) is 4.61. The molecule has 0 amide bonds. The van der Waals surface area contributed by atoms with E-state index in [0.29, 0.717) is 0 Å². The lowest BCUT2D eigenvalue weighted by molar-refractivity contribution is 0.686. The Labute approximate surface area is 120 Å². The Kier molecular flexibility index (Phi) is 3.70. The number of aryl methyl sites for hydroxylation is 1. The number of hydrogen-bond donors (Lipinski definition) is 1. The van der Waals surface area contributed by atoms with Gasteiger partial charge in [0.1, 0.15) is 5.82 Å². The number of aromatic nitrogens is 1. The molecule has 1 saturated carbocycles. The van der Waals surface area contributed by atoms with Gasteiger partial charge in [0.15, 0.2) is 0 Å². The lowest BCUT2D eigenvalue weighted by atomic mass is 10.2. The van der Waals surface area contributed by atoms with Crippen LogP contribution in [0.2, 0.25) is 0 Å². The average Bonchev–Trinajstić information content (AvgIpc) is 3.29. The summed E-state index contributed by atoms with van der Waals surface area (Å²) in [7, 11) is 2.05. The minimum atomic E-state index is 0.740. The lowest BCUT2D eigenvalue weighted by Crippen LogP contribution is -2.16. The molecule has 0 atom stereocenters. The largest absolute Gasteiger partial charge is 0.329 e. The summed E-state index contributed by atoms with van der Waals surface area (Å²) in [5.41, 5.74) is 3.68. The molecule has 1 fully saturated rings. The molecule has 2 aromatic rings. The fourth-order valence-corrected chi connectivity index (χ4v) is 2.24. The third-order valence-electron chi connectivity index (χ3n) is 3.71. The van der Waals surface area contributed by atoms with Crippen LogP contribution in [0, 0.1) is 6.92 Å². The minimum Gasteiger partial charge on any atom is -0.329 e. The highest BCUT2D eigenvalue weighted by molar-refractivity contribution is 5.59. The summed E-state index contributed by atoms with van der Waals surface area (Å²) in [5, 5.41) is 3.51. The second kappa shape index (κ2) is 5.63. The molecule has 3 heteroatoms. The predicted molar refractivity (Wildman–Crippen MR) is 83.3 cm³/mol. The van der Waals surface area contributed by atoms with Crippen LogP contribution in [0.1, 0.15) is 24.0 Å². The molecular weight excluding hydrogens is 246 g/mol. The molecule has 0 radical (unpaired) electrons. The van der Waals surface area contributed by atoms with Gasteiger partial charge < -0.3 is 10.2 Å². The molecule has 0 spiro atoms. The fraction of sp³-hybridized carbons (Fsp3) is 0.353. The highest BCUT2D eigenvalue weighted by Gasteiger charge is 2.19. The van der Waals surface area contributed by atoms with Gasteiger partial charge in [-0.05, 0) is 49.1 Å². The quantitative estimate of drug-likeness (QED) is 0.900. The summed E-state index contributed by atoms with van der Waals surface area (Å²) in [5.74, 6) is 0.978. The Balaban J connectivity index is 1.69. The van der Waals surface area contributed by atoms with Crippen molar-refractivity contribution in [3.05, 3.63) is 53.7 Å². The third-order valence-corrected chi connectivity index (χ3v) is 3.71. The molecule has 0 saturated heterocycles. The second-order valence-corrected chi connectivity index (χ2v) is 5.58. The van der Waals surface area contributed by atoms with Gasteiger partial charge in [0, 0.05) is 31.5 Å². The molecule has 1 heterocycles. The van der Waals surface area contributed by atoms with Crippen LogP contribution in [-0.2, 0) is 6.54 Å². The van der Waals surface area contributed by atoms with E-state index >= 15 is 0 Å². The summed E-state index contributed by atoms with van der Waals surface area (Å²) in [4.78, 5) is 6.69. The van der Waals surface area contributed by atoms with E-state index in [1.807, 2.05) is 6.20 Å². The zero-order valence-corrected chi connectivity index (χ0v) is 12.1. The van der Waals surface area contributed by atoms with Gasteiger partial charge in [-0.3, -0.25) is 0 Å². The van der Waals surface area contributed by atoms with E-state index in [9.17, 15) is 0 Å². The smallest absolute Gasteiger partial charge is 0.132 e. The van der Waals surface area contributed by atoms with E-state index in [1.165, 1.54) is 29.7 Å². The first kappa shape index (κ1) is 13.1. The summed E-state index contributed by atoms with van der Waals surface area (Å²) in [6, 6.07) is 13.5. The number of hydrogen-bond acceptors (Lipinski definition) is 3. The van der Waals surface area contributed by atoms with Crippen molar-refractivity contribution < 1.29 is 0 Å². The molecule has 3 rings (SSSR count). The Morgan fingerprint density at radius 2 is 2.10 bits per heavy atom. The molecule has 1 N–H and O–H groups in total. The molecule has 1 aromatic heterocycles. The fourth-order valence-electron chi connectivity index (χ4n) is 2.24. The van der Waals surface area contributed by atoms with Gasteiger partial charge in [-0.15, -0.1) is 0 Å². The zero-order valence-electron chi connectivity index (χ0n) is 12.1. The van der Waals surface area contributed by atoms with Gasteiger partial charge in [-0.1, -0.05) is 18.2 Å². The lowest BCUT2D eigenvalue weighted by Gasteiger charge is -2.19. The van der Waals surface area contributed by atoms with Crippen molar-refractivity contribution in [2.24, 2.45) is 0 Å². The van der Waals surface area contributed by atoms with Gasteiger partial charge in [0.25, 0.3) is 0 Å². The Morgan fingerprint density at radius 1 is 1.25 bits per heavy atom. The van der Waals surface area contributed by atoms with Gasteiger partial charge in [-0.2, -0.15) is 0 Å². The summed E-state index contributed by atoms with van der Waals surface area (Å²) in [6.45, 7) is 3.03. The molecule has 104 valence electrons. The number of nitrogens with one attached hydrogen (secondary N) is 1. The van der Waals surface area contributed by atoms with E-state index in [2.05, 4.69) is 65.6 Å². The third kappa shape index (κ3) is 3.17. The van der Waals surface area contributed by atoms with Crippen LogP contribution >= 0.6 is 0 Å². The molecule has 1 aliphatic rings. The van der Waals surface area contributed by atoms with Crippen molar-refractivity contribution in [2.45, 2.75) is 32.4 Å². The molecule has 3 nitrogen and oxygen atoms in total. The van der Waals surface area contributed by atoms with Gasteiger partial charge in [0.05, 0.1) is 0 Å². The van der Waals surface area contributed by atoms with Crippen LogP contribution in [0.4, 0.5) is 11.5 Å². The molecule has 1 aromatic carbocycles. The molecule has 0 unspecified atom stereocenters. The molecule has 0 bridgehead atoms. The van der Waals surface area contributed by atoms with E-state index < -0.39 is 0 Å². The zero-order chi connectivity index (χ0) is 13.9. The molecular formula is C17H21N3. The maximum Gasteiger partial charge on any atom is 0.132 e. The molecule has 20 heavy (non-hydrogen) atoms. The summed E-state index contributed by atoms with van der Waals surface area (Å²) < 4.78 is 0. The van der Waals surface area contributed by atoms with E-state index in [4.69, 9.17) is 0 Å². The number of rotatable bonds is 5. The number of pyridine rings is 1. The first-order valence-electron chi connectivity index (χ1n) is 7.21. The topological polar surface area (TPSA) is 28.2 Å². The maximum atomic E-state index is 4.57. The van der Waals surface area contributed by atoms with Crippen LogP contribution in [-0.4, -0.2) is 18.1 Å². The normalized spacial score (nSPS) is 14.3. The van der Waals surface area contributed by atoms with Crippen LogP contribution < -0.4 is 10.2 Å². The number of nitrogens with zero attached hydrogens (tertiary/aromatic N) is 2. The van der Waals surface area contributed by atoms with Crippen LogP contribution in [0.25, 0.3) is 0 Å². The first-order chi connectivity index (χ1) is 9.72. The van der Waals surface area contributed by atoms with Gasteiger partial charge in [-0.25, -0.2) is 4.98 Å². The molecule has 1 aliphatic carbocycles. The van der Waals surface area contributed by atoms with Crippen LogP contribution in [0.15, 0.2) is 42.6 Å². The standard InChI is InChI=1S/C17H21N3/c1-13-4-3-5-16(10-13)20(2)17-9-6-14(12-19-17)11-18-15-7-8-15/h3-6,9-10,12,15,18H,7-8,11H2,1-2H3. The van der Waals surface area contributed by atoms with E-state index in [1.54, 1.807) is 0 Å². The highest BCUT2D eigenvalue weighted by Crippen LogP contribution is 2.23. The van der Waals surface area contributed by atoms with Crippen LogP contribution in [0.5, 0.6) is 0 Å². The Morgan fingerprint density at radius 3 is 2.75 bits per heavy atom. The second-order valence-electron chi connectivity index (χ2n) is 5.58. The SMILES string of the molecule is Cc1cccc(N(C)c2ccc(CNC3CC3)cn2)c1. The Hall–Kier alpha value is -1.87. The van der Waals surface area contributed by atoms with Crippen molar-refractivity contribution in [2.75, 3.05) is 11.9 Å². The van der Waals surface area contributed by atoms with Crippen molar-refractivity contribution in [1.29, 1.82) is 0 Å². The minimum absolute atomic E-state index is 0.740. The average molecular weight is 267 g/mol. The summed E-state index contributed by atoms with van der Waals surface area (Å²) >= 11 is 0. The van der Waals surface area contributed by atoms with Crippen molar-refractivity contribution in [1.82, 2.24) is 10.3 Å². The van der Waals surface area contributed by atoms with E-state index in [-0.39, 0.29) is 0 Å². The molecule has 0 aliphatic heterocycles. The number of anilines is 2. The van der Waals surface area contributed by atoms with Gasteiger partial charge in [0.2, 0.25) is 0 Å². The Bertz CT molecular complexity index is 573. The highest BCUT2D eigenvalue weighted by atomic mass is 15.2. The van der Waals surface area contributed by atoms with Crippen molar-refractivity contribution in [3.63, 3.8) is 0 Å². The first-order valence-corrected chi connectivity index (χ1v) is 7.21. The van der Waals surface area contributed by atoms with E-state index in [0.717, 1.165) is 18.4 Å². The van der Waals surface area contributed by atoms with Crippen LogP contribution in [0.3, 0.4) is 0 Å². The van der Waals surface area contributed by atoms with Gasteiger partial charge >= 0.3 is 0 Å². The number of benzene rings is 1.